The first-order valence-corrected chi connectivity index (χ1v) is 13.9. The number of ether oxygens (including phenoxy) is 2. The third-order valence-corrected chi connectivity index (χ3v) is 7.28. The molecule has 5 nitrogen and oxygen atoms in total. The van der Waals surface area contributed by atoms with Crippen LogP contribution < -0.4 is 20.1 Å². The molecular weight excluding hydrogens is 446 g/mol. The van der Waals surface area contributed by atoms with E-state index in [-0.39, 0.29) is 0 Å². The number of nitrogens with zero attached hydrogens (tertiary/aromatic N) is 1. The summed E-state index contributed by atoms with van der Waals surface area (Å²) in [6.07, 6.45) is 13.9. The van der Waals surface area contributed by atoms with E-state index in [0.717, 1.165) is 43.1 Å². The third-order valence-electron chi connectivity index (χ3n) is 7.28. The molecule has 0 amide bonds. The van der Waals surface area contributed by atoms with Crippen LogP contribution in [-0.4, -0.2) is 32.3 Å². The van der Waals surface area contributed by atoms with Gasteiger partial charge >= 0.3 is 0 Å². The first kappa shape index (κ1) is 26.3. The number of unbranched alkanes of at least 4 members (excludes halogenated alkanes) is 6. The van der Waals surface area contributed by atoms with Crippen molar-refractivity contribution in [2.45, 2.75) is 77.2 Å². The highest BCUT2D eigenvalue weighted by molar-refractivity contribution is 5.93. The van der Waals surface area contributed by atoms with Crippen molar-refractivity contribution in [3.05, 3.63) is 59.3 Å². The summed E-state index contributed by atoms with van der Waals surface area (Å²) in [4.78, 5) is 4.96. The van der Waals surface area contributed by atoms with E-state index in [0.29, 0.717) is 0 Å². The molecule has 1 aliphatic carbocycles. The number of aryl methyl sites for hydroxylation is 1. The Morgan fingerprint density at radius 1 is 0.778 bits per heavy atom. The summed E-state index contributed by atoms with van der Waals surface area (Å²) in [5, 5.41) is 8.64. The summed E-state index contributed by atoms with van der Waals surface area (Å²) in [5.74, 6) is 1.57. The van der Waals surface area contributed by atoms with E-state index in [9.17, 15) is 0 Å². The molecule has 0 aliphatic heterocycles. The normalized spacial score (nSPS) is 12.9. The summed E-state index contributed by atoms with van der Waals surface area (Å²) in [5.41, 5.74) is 6.51. The molecule has 2 aromatic carbocycles. The number of hydrogen-bond acceptors (Lipinski definition) is 5. The van der Waals surface area contributed by atoms with Gasteiger partial charge in [-0.3, -0.25) is 4.98 Å². The number of hydrogen-bond donors (Lipinski definition) is 2. The number of rotatable bonds is 15. The predicted octanol–water partition coefficient (Wildman–Crippen LogP) is 7.06. The zero-order chi connectivity index (χ0) is 25.0. The van der Waals surface area contributed by atoms with Crippen LogP contribution in [0.4, 0.5) is 5.69 Å². The van der Waals surface area contributed by atoms with Gasteiger partial charge in [-0.15, -0.1) is 0 Å². The first-order valence-electron chi connectivity index (χ1n) is 13.9. The SMILES string of the molecule is COc1ccc(CNCCCCCCCCCNc2c3c(nc4ccccc24)CCCC3)cc1OC. The van der Waals surface area contributed by atoms with Crippen LogP contribution in [0.5, 0.6) is 11.5 Å². The van der Waals surface area contributed by atoms with Gasteiger partial charge < -0.3 is 20.1 Å². The Morgan fingerprint density at radius 2 is 1.50 bits per heavy atom. The highest BCUT2D eigenvalue weighted by Crippen LogP contribution is 2.33. The van der Waals surface area contributed by atoms with Crippen LogP contribution in [0.1, 0.15) is 74.6 Å². The van der Waals surface area contributed by atoms with Gasteiger partial charge in [0.25, 0.3) is 0 Å². The molecule has 0 spiro atoms. The van der Waals surface area contributed by atoms with Gasteiger partial charge in [0.15, 0.2) is 11.5 Å². The highest BCUT2D eigenvalue weighted by atomic mass is 16.5. The van der Waals surface area contributed by atoms with Crippen molar-refractivity contribution in [3.63, 3.8) is 0 Å². The summed E-state index contributed by atoms with van der Waals surface area (Å²) >= 11 is 0. The number of fused-ring (bicyclic) bond motifs is 2. The molecule has 5 heteroatoms. The maximum Gasteiger partial charge on any atom is 0.161 e. The van der Waals surface area contributed by atoms with Crippen LogP contribution in [0.2, 0.25) is 0 Å². The maximum absolute atomic E-state index is 5.39. The maximum atomic E-state index is 5.39. The topological polar surface area (TPSA) is 55.4 Å². The van der Waals surface area contributed by atoms with Crippen molar-refractivity contribution in [2.75, 3.05) is 32.6 Å². The summed E-state index contributed by atoms with van der Waals surface area (Å²) in [6, 6.07) is 14.7. The van der Waals surface area contributed by atoms with E-state index in [4.69, 9.17) is 14.5 Å². The van der Waals surface area contributed by atoms with E-state index in [2.05, 4.69) is 41.0 Å². The highest BCUT2D eigenvalue weighted by Gasteiger charge is 2.17. The number of pyridine rings is 1. The van der Waals surface area contributed by atoms with Gasteiger partial charge in [0.2, 0.25) is 0 Å². The summed E-state index contributed by atoms with van der Waals surface area (Å²) < 4.78 is 10.7. The van der Waals surface area contributed by atoms with Crippen molar-refractivity contribution < 1.29 is 9.47 Å². The standard InChI is InChI=1S/C31H43N3O2/c1-35-29-19-18-24(22-30(29)36-2)23-32-20-12-6-4-3-5-7-13-21-33-31-25-14-8-10-16-27(25)34-28-17-11-9-15-26(28)31/h8,10,14,16,18-19,22,32H,3-7,9,11-13,15,17,20-21,23H2,1-2H3,(H,33,34). The third kappa shape index (κ3) is 7.13. The zero-order valence-corrected chi connectivity index (χ0v) is 22.2. The fourth-order valence-electron chi connectivity index (χ4n) is 5.27. The van der Waals surface area contributed by atoms with Gasteiger partial charge in [-0.05, 0) is 74.4 Å². The fourth-order valence-corrected chi connectivity index (χ4v) is 5.27. The minimum absolute atomic E-state index is 0.779. The van der Waals surface area contributed by atoms with Crippen molar-refractivity contribution in [2.24, 2.45) is 0 Å². The average molecular weight is 490 g/mol. The number of nitrogens with one attached hydrogen (secondary N) is 2. The molecule has 0 saturated carbocycles. The van der Waals surface area contributed by atoms with Crippen molar-refractivity contribution in [1.82, 2.24) is 10.3 Å². The minimum Gasteiger partial charge on any atom is -0.493 e. The fraction of sp³-hybridized carbons (Fsp3) is 0.516. The van der Waals surface area contributed by atoms with Crippen LogP contribution >= 0.6 is 0 Å². The van der Waals surface area contributed by atoms with E-state index in [1.54, 1.807) is 14.2 Å². The minimum atomic E-state index is 0.779. The largest absolute Gasteiger partial charge is 0.493 e. The van der Waals surface area contributed by atoms with Gasteiger partial charge in [-0.1, -0.05) is 56.4 Å². The molecule has 0 fully saturated rings. The second-order valence-electron chi connectivity index (χ2n) is 9.90. The van der Waals surface area contributed by atoms with Crippen molar-refractivity contribution >= 4 is 16.6 Å². The Morgan fingerprint density at radius 3 is 2.31 bits per heavy atom. The van der Waals surface area contributed by atoms with Gasteiger partial charge in [-0.2, -0.15) is 0 Å². The first-order chi connectivity index (χ1) is 17.8. The lowest BCUT2D eigenvalue weighted by Gasteiger charge is -2.21. The Hall–Kier alpha value is -2.79. The number of para-hydroxylation sites is 1. The van der Waals surface area contributed by atoms with E-state index in [1.807, 2.05) is 12.1 Å². The molecule has 0 saturated heterocycles. The Balaban J connectivity index is 1.07. The smallest absolute Gasteiger partial charge is 0.161 e. The molecule has 0 atom stereocenters. The predicted molar refractivity (Wildman–Crippen MR) is 150 cm³/mol. The molecular formula is C31H43N3O2. The number of benzene rings is 2. The monoisotopic (exact) mass is 489 g/mol. The quantitative estimate of drug-likeness (QED) is 0.224. The Bertz CT molecular complexity index is 1100. The Labute approximate surface area is 217 Å². The molecule has 2 N–H and O–H groups in total. The van der Waals surface area contributed by atoms with E-state index in [1.165, 1.54) is 92.1 Å². The molecule has 3 aromatic rings. The molecule has 0 unspecified atom stereocenters. The summed E-state index contributed by atoms with van der Waals surface area (Å²) in [7, 11) is 3.35. The van der Waals surface area contributed by atoms with Crippen LogP contribution in [-0.2, 0) is 19.4 Å². The lowest BCUT2D eigenvalue weighted by atomic mass is 9.92. The van der Waals surface area contributed by atoms with Gasteiger partial charge in [0, 0.05) is 29.9 Å². The molecule has 4 rings (SSSR count). The molecule has 1 aliphatic rings. The van der Waals surface area contributed by atoms with Crippen LogP contribution in [0.25, 0.3) is 10.9 Å². The molecule has 0 radical (unpaired) electrons. The van der Waals surface area contributed by atoms with Gasteiger partial charge in [-0.25, -0.2) is 0 Å². The van der Waals surface area contributed by atoms with Crippen LogP contribution in [0, 0.1) is 0 Å². The second-order valence-corrected chi connectivity index (χ2v) is 9.90. The van der Waals surface area contributed by atoms with E-state index >= 15 is 0 Å². The van der Waals surface area contributed by atoms with Crippen molar-refractivity contribution in [1.29, 1.82) is 0 Å². The summed E-state index contributed by atoms with van der Waals surface area (Å²) in [6.45, 7) is 2.98. The molecule has 194 valence electrons. The molecule has 36 heavy (non-hydrogen) atoms. The average Bonchev–Trinajstić information content (AvgIpc) is 2.92. The second kappa shape index (κ2) is 14.1. The van der Waals surface area contributed by atoms with E-state index < -0.39 is 0 Å². The molecule has 1 aromatic heterocycles. The van der Waals surface area contributed by atoms with Crippen LogP contribution in [0.15, 0.2) is 42.5 Å². The molecule has 1 heterocycles. The molecule has 0 bridgehead atoms. The van der Waals surface area contributed by atoms with Gasteiger partial charge in [0.05, 0.1) is 19.7 Å². The zero-order valence-electron chi connectivity index (χ0n) is 22.2. The number of methoxy groups -OCH3 is 2. The van der Waals surface area contributed by atoms with Gasteiger partial charge in [0.1, 0.15) is 0 Å². The lowest BCUT2D eigenvalue weighted by Crippen LogP contribution is -2.14. The van der Waals surface area contributed by atoms with Crippen LogP contribution in [0.3, 0.4) is 0 Å². The van der Waals surface area contributed by atoms with Crippen molar-refractivity contribution in [3.8, 4) is 11.5 Å². The number of anilines is 1. The number of aromatic nitrogens is 1. The lowest BCUT2D eigenvalue weighted by molar-refractivity contribution is 0.354. The Kier molecular flexibility index (Phi) is 10.3.